The number of amides is 2. The lowest BCUT2D eigenvalue weighted by Gasteiger charge is -2.19. The Morgan fingerprint density at radius 3 is 2.21 bits per heavy atom. The Labute approximate surface area is 197 Å². The standard InChI is InChI=1S/C27H24N4O3/c1-3-34-25-15-20(29-17(2)32)12-13-23(25)27(33)31-30-24(16-28)26-21-10-6-4-8-18(21)14-19-9-5-7-11-22(19)26/h4-15,24,30H,3H2,1-2H3,(H,29,32)(H,31,33). The van der Waals surface area contributed by atoms with E-state index in [1.165, 1.54) is 6.92 Å². The van der Waals surface area contributed by atoms with Gasteiger partial charge in [-0.2, -0.15) is 5.26 Å². The maximum Gasteiger partial charge on any atom is 0.269 e. The van der Waals surface area contributed by atoms with E-state index < -0.39 is 11.9 Å². The normalized spacial score (nSPS) is 11.6. The molecule has 3 N–H and O–H groups in total. The number of carbonyl (C=O) groups excluding carboxylic acids is 2. The van der Waals surface area contributed by atoms with E-state index in [2.05, 4.69) is 28.3 Å². The number of hydrazine groups is 1. The van der Waals surface area contributed by atoms with E-state index >= 15 is 0 Å². The van der Waals surface area contributed by atoms with Gasteiger partial charge in [0.15, 0.2) is 0 Å². The second kappa shape index (κ2) is 10.0. The predicted molar refractivity (Wildman–Crippen MR) is 132 cm³/mol. The van der Waals surface area contributed by atoms with Crippen molar-refractivity contribution in [3.8, 4) is 11.8 Å². The fraction of sp³-hybridized carbons (Fsp3) is 0.148. The summed E-state index contributed by atoms with van der Waals surface area (Å²) in [7, 11) is 0. The van der Waals surface area contributed by atoms with E-state index in [4.69, 9.17) is 4.74 Å². The summed E-state index contributed by atoms with van der Waals surface area (Å²) in [5, 5.41) is 16.6. The summed E-state index contributed by atoms with van der Waals surface area (Å²) >= 11 is 0. The van der Waals surface area contributed by atoms with Gasteiger partial charge < -0.3 is 10.1 Å². The third-order valence-electron chi connectivity index (χ3n) is 5.41. The Morgan fingerprint density at radius 1 is 0.971 bits per heavy atom. The molecule has 0 saturated carbocycles. The average Bonchev–Trinajstić information content (AvgIpc) is 2.83. The van der Waals surface area contributed by atoms with E-state index in [9.17, 15) is 14.9 Å². The third-order valence-corrected chi connectivity index (χ3v) is 5.41. The van der Waals surface area contributed by atoms with Crippen LogP contribution in [-0.2, 0) is 4.79 Å². The Kier molecular flexibility index (Phi) is 6.72. The lowest BCUT2D eigenvalue weighted by Crippen LogP contribution is -2.39. The molecule has 0 spiro atoms. The zero-order valence-corrected chi connectivity index (χ0v) is 18.9. The molecule has 4 rings (SSSR count). The largest absolute Gasteiger partial charge is 0.493 e. The third kappa shape index (κ3) is 4.68. The zero-order chi connectivity index (χ0) is 24.1. The van der Waals surface area contributed by atoms with Gasteiger partial charge in [-0.25, -0.2) is 5.43 Å². The molecule has 0 fully saturated rings. The molecule has 0 aliphatic rings. The summed E-state index contributed by atoms with van der Waals surface area (Å²) in [6, 6.07) is 24.1. The minimum Gasteiger partial charge on any atom is -0.493 e. The van der Waals surface area contributed by atoms with Crippen molar-refractivity contribution in [2.75, 3.05) is 11.9 Å². The summed E-state index contributed by atoms with van der Waals surface area (Å²) in [6.07, 6.45) is 0. The number of ether oxygens (including phenoxy) is 1. The first-order chi connectivity index (χ1) is 16.5. The topological polar surface area (TPSA) is 103 Å². The van der Waals surface area contributed by atoms with Crippen molar-refractivity contribution in [1.29, 1.82) is 5.26 Å². The lowest BCUT2D eigenvalue weighted by atomic mass is 9.93. The molecule has 1 atom stereocenters. The minimum atomic E-state index is -0.797. The van der Waals surface area contributed by atoms with E-state index in [1.54, 1.807) is 18.2 Å². The number of nitriles is 1. The van der Waals surface area contributed by atoms with Crippen LogP contribution in [0.25, 0.3) is 21.5 Å². The van der Waals surface area contributed by atoms with Crippen molar-refractivity contribution in [2.24, 2.45) is 0 Å². The van der Waals surface area contributed by atoms with Gasteiger partial charge in [-0.1, -0.05) is 48.5 Å². The number of nitrogens with zero attached hydrogens (tertiary/aromatic N) is 1. The van der Waals surface area contributed by atoms with E-state index in [0.717, 1.165) is 27.1 Å². The molecule has 7 nitrogen and oxygen atoms in total. The van der Waals surface area contributed by atoms with Gasteiger partial charge in [0, 0.05) is 24.2 Å². The van der Waals surface area contributed by atoms with Gasteiger partial charge in [0.05, 0.1) is 18.2 Å². The average molecular weight is 453 g/mol. The molecule has 170 valence electrons. The Morgan fingerprint density at radius 2 is 1.62 bits per heavy atom. The molecule has 4 aromatic carbocycles. The van der Waals surface area contributed by atoms with Crippen LogP contribution in [0.2, 0.25) is 0 Å². The molecule has 0 aromatic heterocycles. The van der Waals surface area contributed by atoms with E-state index in [0.29, 0.717) is 18.0 Å². The van der Waals surface area contributed by atoms with Gasteiger partial charge in [0.2, 0.25) is 5.91 Å². The van der Waals surface area contributed by atoms with Crippen molar-refractivity contribution in [3.63, 3.8) is 0 Å². The van der Waals surface area contributed by atoms with Gasteiger partial charge in [-0.3, -0.25) is 15.0 Å². The van der Waals surface area contributed by atoms with Crippen LogP contribution in [0.15, 0.2) is 72.8 Å². The molecule has 0 heterocycles. The molecule has 7 heteroatoms. The molecule has 34 heavy (non-hydrogen) atoms. The summed E-state index contributed by atoms with van der Waals surface area (Å²) in [5.74, 6) is -0.347. The maximum absolute atomic E-state index is 13.0. The fourth-order valence-electron chi connectivity index (χ4n) is 4.00. The number of fused-ring (bicyclic) bond motifs is 2. The Bertz CT molecular complexity index is 1370. The molecular weight excluding hydrogens is 428 g/mol. The van der Waals surface area contributed by atoms with E-state index in [1.807, 2.05) is 55.5 Å². The first-order valence-electron chi connectivity index (χ1n) is 10.9. The van der Waals surface area contributed by atoms with Crippen molar-refractivity contribution in [2.45, 2.75) is 19.9 Å². The quantitative estimate of drug-likeness (QED) is 0.275. The maximum atomic E-state index is 13.0. The van der Waals surface area contributed by atoms with Gasteiger partial charge in [-0.05, 0) is 46.7 Å². The Balaban J connectivity index is 1.65. The highest BCUT2D eigenvalue weighted by atomic mass is 16.5. The van der Waals surface area contributed by atoms with Crippen LogP contribution in [0, 0.1) is 11.3 Å². The highest BCUT2D eigenvalue weighted by molar-refractivity contribution is 6.03. The molecule has 4 aromatic rings. The lowest BCUT2D eigenvalue weighted by molar-refractivity contribution is -0.114. The highest BCUT2D eigenvalue weighted by Gasteiger charge is 2.20. The molecule has 0 radical (unpaired) electrons. The summed E-state index contributed by atoms with van der Waals surface area (Å²) in [4.78, 5) is 24.4. The van der Waals surface area contributed by atoms with Crippen LogP contribution in [0.1, 0.15) is 35.8 Å². The van der Waals surface area contributed by atoms with Crippen LogP contribution in [0.3, 0.4) is 0 Å². The van der Waals surface area contributed by atoms with Crippen molar-refractivity contribution in [1.82, 2.24) is 10.9 Å². The molecule has 0 bridgehead atoms. The van der Waals surface area contributed by atoms with Crippen molar-refractivity contribution < 1.29 is 14.3 Å². The van der Waals surface area contributed by atoms with E-state index in [-0.39, 0.29) is 11.5 Å². The smallest absolute Gasteiger partial charge is 0.269 e. The number of benzene rings is 4. The van der Waals surface area contributed by atoms with Crippen LogP contribution in [0.5, 0.6) is 5.75 Å². The molecule has 0 saturated heterocycles. The highest BCUT2D eigenvalue weighted by Crippen LogP contribution is 2.32. The second-order valence-electron chi connectivity index (χ2n) is 7.72. The SMILES string of the molecule is CCOc1cc(NC(C)=O)ccc1C(=O)NNC(C#N)c1c2ccccc2cc2ccccc12. The summed E-state index contributed by atoms with van der Waals surface area (Å²) < 4.78 is 5.61. The number of hydrogen-bond donors (Lipinski definition) is 3. The molecule has 0 aliphatic heterocycles. The van der Waals surface area contributed by atoms with Gasteiger partial charge in [0.1, 0.15) is 11.8 Å². The number of anilines is 1. The molecular formula is C27H24N4O3. The van der Waals surface area contributed by atoms with Crippen molar-refractivity contribution in [3.05, 3.63) is 83.9 Å². The fourth-order valence-corrected chi connectivity index (χ4v) is 4.00. The second-order valence-corrected chi connectivity index (χ2v) is 7.72. The summed E-state index contributed by atoms with van der Waals surface area (Å²) in [6.45, 7) is 3.56. The summed E-state index contributed by atoms with van der Waals surface area (Å²) in [5.41, 5.74) is 7.16. The number of nitrogens with one attached hydrogen (secondary N) is 3. The van der Waals surface area contributed by atoms with Crippen molar-refractivity contribution >= 4 is 39.0 Å². The molecule has 0 aliphatic carbocycles. The van der Waals surface area contributed by atoms with Gasteiger partial charge >= 0.3 is 0 Å². The molecule has 1 unspecified atom stereocenters. The predicted octanol–water partition coefficient (Wildman–Crippen LogP) is 4.85. The number of carbonyl (C=O) groups is 2. The Hall–Kier alpha value is -4.41. The van der Waals surface area contributed by atoms with Gasteiger partial charge in [0.25, 0.3) is 5.91 Å². The first kappa shape index (κ1) is 22.8. The van der Waals surface area contributed by atoms with Gasteiger partial charge in [-0.15, -0.1) is 0 Å². The number of hydrogen-bond acceptors (Lipinski definition) is 5. The number of rotatable bonds is 7. The molecule has 2 amide bonds. The van der Waals surface area contributed by atoms with Crippen LogP contribution in [0.4, 0.5) is 5.69 Å². The van der Waals surface area contributed by atoms with Crippen LogP contribution in [-0.4, -0.2) is 18.4 Å². The zero-order valence-electron chi connectivity index (χ0n) is 18.9. The van der Waals surface area contributed by atoms with Crippen LogP contribution < -0.4 is 20.9 Å². The minimum absolute atomic E-state index is 0.222. The van der Waals surface area contributed by atoms with Crippen LogP contribution >= 0.6 is 0 Å². The monoisotopic (exact) mass is 452 g/mol. The first-order valence-corrected chi connectivity index (χ1v) is 10.9.